The maximum Gasteiger partial charge on any atom is 0.258 e. The van der Waals surface area contributed by atoms with Crippen LogP contribution in [-0.2, 0) is 11.8 Å². The van der Waals surface area contributed by atoms with E-state index in [4.69, 9.17) is 4.74 Å². The van der Waals surface area contributed by atoms with Gasteiger partial charge in [0, 0.05) is 18.5 Å². The number of hydrogen-bond acceptors (Lipinski definition) is 4. The average Bonchev–Trinajstić information content (AvgIpc) is 2.91. The van der Waals surface area contributed by atoms with Gasteiger partial charge in [-0.25, -0.2) is 0 Å². The summed E-state index contributed by atoms with van der Waals surface area (Å²) in [4.78, 5) is 12.1. The van der Waals surface area contributed by atoms with E-state index in [1.807, 2.05) is 27.8 Å². The van der Waals surface area contributed by atoms with Crippen LogP contribution < -0.4 is 10.1 Å². The van der Waals surface area contributed by atoms with E-state index >= 15 is 0 Å². The van der Waals surface area contributed by atoms with Crippen LogP contribution in [0, 0.1) is 19.3 Å². The molecule has 118 valence electrons. The summed E-state index contributed by atoms with van der Waals surface area (Å²) in [7, 11) is 1.85. The summed E-state index contributed by atoms with van der Waals surface area (Å²) in [6.07, 6.45) is 2.88. The lowest BCUT2D eigenvalue weighted by atomic mass is 9.86. The van der Waals surface area contributed by atoms with Gasteiger partial charge in [-0.2, -0.15) is 5.10 Å². The molecule has 1 saturated carbocycles. The fraction of sp³-hybridized carbons (Fsp3) is 0.733. The minimum Gasteiger partial charge on any atom is -0.480 e. The molecule has 0 aliphatic heterocycles. The molecule has 6 heteroatoms. The fourth-order valence-electron chi connectivity index (χ4n) is 3.01. The van der Waals surface area contributed by atoms with Crippen molar-refractivity contribution in [2.24, 2.45) is 12.5 Å². The van der Waals surface area contributed by atoms with E-state index in [2.05, 4.69) is 10.4 Å². The molecule has 2 atom stereocenters. The van der Waals surface area contributed by atoms with Gasteiger partial charge in [0.05, 0.1) is 12.3 Å². The minimum atomic E-state index is -0.213. The predicted octanol–water partition coefficient (Wildman–Crippen LogP) is 1.08. The lowest BCUT2D eigenvalue weighted by molar-refractivity contribution is -0.124. The largest absolute Gasteiger partial charge is 0.480 e. The highest BCUT2D eigenvalue weighted by Gasteiger charge is 2.39. The highest BCUT2D eigenvalue weighted by Crippen LogP contribution is 2.37. The molecular formula is C15H25N3O3. The summed E-state index contributed by atoms with van der Waals surface area (Å²) in [6, 6.07) is 0.0229. The van der Waals surface area contributed by atoms with Crippen LogP contribution in [0.4, 0.5) is 0 Å². The van der Waals surface area contributed by atoms with Gasteiger partial charge < -0.3 is 15.2 Å². The highest BCUT2D eigenvalue weighted by molar-refractivity contribution is 5.78. The minimum absolute atomic E-state index is 0.0224. The summed E-state index contributed by atoms with van der Waals surface area (Å²) in [5.41, 5.74) is 1.47. The van der Waals surface area contributed by atoms with Crippen molar-refractivity contribution in [1.82, 2.24) is 15.1 Å². The maximum absolute atomic E-state index is 12.1. The molecular weight excluding hydrogens is 270 g/mol. The average molecular weight is 295 g/mol. The number of amides is 1. The maximum atomic E-state index is 12.1. The van der Waals surface area contributed by atoms with Gasteiger partial charge in [0.15, 0.2) is 12.4 Å². The van der Waals surface area contributed by atoms with Crippen LogP contribution in [0.2, 0.25) is 0 Å². The van der Waals surface area contributed by atoms with Crippen molar-refractivity contribution in [3.05, 3.63) is 11.4 Å². The Morgan fingerprint density at radius 2 is 2.29 bits per heavy atom. The second kappa shape index (κ2) is 6.05. The summed E-state index contributed by atoms with van der Waals surface area (Å²) in [5, 5.41) is 16.7. The number of ether oxygens (including phenoxy) is 1. The number of rotatable bonds is 5. The zero-order valence-electron chi connectivity index (χ0n) is 13.3. The number of nitrogens with zero attached hydrogens (tertiary/aromatic N) is 2. The van der Waals surface area contributed by atoms with Crippen molar-refractivity contribution in [3.8, 4) is 5.75 Å². The molecule has 2 N–H and O–H groups in total. The van der Waals surface area contributed by atoms with Crippen molar-refractivity contribution in [2.75, 3.05) is 13.2 Å². The summed E-state index contributed by atoms with van der Waals surface area (Å²) in [6.45, 7) is 5.86. The van der Waals surface area contributed by atoms with E-state index in [-0.39, 0.29) is 30.6 Å². The third-order valence-electron chi connectivity index (χ3n) is 4.57. The second-order valence-corrected chi connectivity index (χ2v) is 6.24. The topological polar surface area (TPSA) is 76.4 Å². The molecule has 0 spiro atoms. The number of aliphatic hydroxyl groups excluding tert-OH is 1. The number of aromatic nitrogens is 2. The predicted molar refractivity (Wildman–Crippen MR) is 79.2 cm³/mol. The summed E-state index contributed by atoms with van der Waals surface area (Å²) >= 11 is 0. The Hall–Kier alpha value is -1.56. The Morgan fingerprint density at radius 1 is 1.57 bits per heavy atom. The molecule has 1 aliphatic rings. The Labute approximate surface area is 125 Å². The summed E-state index contributed by atoms with van der Waals surface area (Å²) in [5.74, 6) is 0.521. The number of aryl methyl sites for hydroxylation is 2. The lowest BCUT2D eigenvalue weighted by Crippen LogP contribution is -2.46. The van der Waals surface area contributed by atoms with Crippen LogP contribution in [0.1, 0.15) is 37.6 Å². The molecule has 2 rings (SSSR count). The van der Waals surface area contributed by atoms with Gasteiger partial charge in [-0.1, -0.05) is 13.3 Å². The standard InChI is InChI=1S/C15H25N3O3/c1-10-14(11(2)18(4)17-10)21-8-13(20)16-12-6-5-7-15(12,3)9-19/h12,19H,5-9H2,1-4H3,(H,16,20). The van der Waals surface area contributed by atoms with Crippen LogP contribution in [0.15, 0.2) is 0 Å². The van der Waals surface area contributed by atoms with Crippen LogP contribution in [0.25, 0.3) is 0 Å². The van der Waals surface area contributed by atoms with Crippen molar-refractivity contribution in [2.45, 2.75) is 46.1 Å². The quantitative estimate of drug-likeness (QED) is 0.852. The van der Waals surface area contributed by atoms with Crippen LogP contribution >= 0.6 is 0 Å². The fourth-order valence-corrected chi connectivity index (χ4v) is 3.01. The Balaban J connectivity index is 1.91. The van der Waals surface area contributed by atoms with E-state index in [1.54, 1.807) is 4.68 Å². The van der Waals surface area contributed by atoms with Gasteiger partial charge in [0.25, 0.3) is 5.91 Å². The molecule has 0 bridgehead atoms. The second-order valence-electron chi connectivity index (χ2n) is 6.24. The molecule has 1 fully saturated rings. The van der Waals surface area contributed by atoms with Crippen molar-refractivity contribution in [3.63, 3.8) is 0 Å². The van der Waals surface area contributed by atoms with E-state index in [0.29, 0.717) is 5.75 Å². The Bertz CT molecular complexity index is 526. The molecule has 1 aliphatic carbocycles. The lowest BCUT2D eigenvalue weighted by Gasteiger charge is -2.30. The van der Waals surface area contributed by atoms with Crippen LogP contribution in [0.5, 0.6) is 5.75 Å². The van der Waals surface area contributed by atoms with Crippen molar-refractivity contribution < 1.29 is 14.6 Å². The SMILES string of the molecule is Cc1nn(C)c(C)c1OCC(=O)NC1CCCC1(C)CO. The molecule has 1 aromatic heterocycles. The molecule has 6 nitrogen and oxygen atoms in total. The first-order valence-electron chi connectivity index (χ1n) is 7.40. The first-order chi connectivity index (χ1) is 9.87. The number of aliphatic hydroxyl groups is 1. The van der Waals surface area contributed by atoms with Gasteiger partial charge >= 0.3 is 0 Å². The number of hydrogen-bond donors (Lipinski definition) is 2. The molecule has 0 aromatic carbocycles. The van der Waals surface area contributed by atoms with Crippen LogP contribution in [-0.4, -0.2) is 40.0 Å². The Kier molecular flexibility index (Phi) is 4.56. The van der Waals surface area contributed by atoms with Gasteiger partial charge in [-0.15, -0.1) is 0 Å². The molecule has 1 aromatic rings. The Morgan fingerprint density at radius 3 is 2.86 bits per heavy atom. The third kappa shape index (κ3) is 3.20. The first-order valence-corrected chi connectivity index (χ1v) is 7.40. The zero-order valence-corrected chi connectivity index (χ0v) is 13.3. The molecule has 21 heavy (non-hydrogen) atoms. The number of carbonyl (C=O) groups excluding carboxylic acids is 1. The first kappa shape index (κ1) is 15.8. The van der Waals surface area contributed by atoms with E-state index in [1.165, 1.54) is 0 Å². The molecule has 1 heterocycles. The third-order valence-corrected chi connectivity index (χ3v) is 4.57. The molecule has 2 unspecified atom stereocenters. The highest BCUT2D eigenvalue weighted by atomic mass is 16.5. The molecule has 0 saturated heterocycles. The normalized spacial score (nSPS) is 25.1. The van der Waals surface area contributed by atoms with Gasteiger partial charge in [-0.05, 0) is 26.7 Å². The van der Waals surface area contributed by atoms with E-state index < -0.39 is 0 Å². The van der Waals surface area contributed by atoms with Crippen molar-refractivity contribution >= 4 is 5.91 Å². The number of nitrogens with one attached hydrogen (secondary N) is 1. The monoisotopic (exact) mass is 295 g/mol. The van der Waals surface area contributed by atoms with Gasteiger partial charge in [0.2, 0.25) is 0 Å². The van der Waals surface area contributed by atoms with Gasteiger partial charge in [-0.3, -0.25) is 9.48 Å². The van der Waals surface area contributed by atoms with Crippen molar-refractivity contribution in [1.29, 1.82) is 0 Å². The zero-order chi connectivity index (χ0) is 15.6. The van der Waals surface area contributed by atoms with E-state index in [9.17, 15) is 9.90 Å². The van der Waals surface area contributed by atoms with Gasteiger partial charge in [0.1, 0.15) is 5.69 Å². The number of carbonyl (C=O) groups is 1. The molecule has 0 radical (unpaired) electrons. The van der Waals surface area contributed by atoms with E-state index in [0.717, 1.165) is 30.7 Å². The summed E-state index contributed by atoms with van der Waals surface area (Å²) < 4.78 is 7.34. The smallest absolute Gasteiger partial charge is 0.258 e. The van der Waals surface area contributed by atoms with Crippen LogP contribution in [0.3, 0.4) is 0 Å². The molecule has 1 amide bonds.